The molecule has 1 aromatic rings. The van der Waals surface area contributed by atoms with Crippen molar-refractivity contribution in [3.63, 3.8) is 0 Å². The zero-order chi connectivity index (χ0) is 15.5. The van der Waals surface area contributed by atoms with E-state index in [1.807, 2.05) is 18.2 Å². The number of hydrogen-bond acceptors (Lipinski definition) is 2. The van der Waals surface area contributed by atoms with Crippen LogP contribution in [0, 0.1) is 0 Å². The molecule has 1 unspecified atom stereocenters. The second-order valence-electron chi connectivity index (χ2n) is 5.74. The average Bonchev–Trinajstić information content (AvgIpc) is 2.41. The number of halogens is 1. The number of fused-ring (bicyclic) bond motifs is 1. The summed E-state index contributed by atoms with van der Waals surface area (Å²) in [6.07, 6.45) is 0.875. The summed E-state index contributed by atoms with van der Waals surface area (Å²) in [4.78, 5) is 4.27. The minimum atomic E-state index is -0.204. The normalized spacial score (nSPS) is 20.2. The Labute approximate surface area is 134 Å². The molecule has 21 heavy (non-hydrogen) atoms. The van der Waals surface area contributed by atoms with Gasteiger partial charge in [0.25, 0.3) is 0 Å². The van der Waals surface area contributed by atoms with Crippen LogP contribution in [0.15, 0.2) is 40.3 Å². The van der Waals surface area contributed by atoms with Crippen LogP contribution < -0.4 is 15.4 Å². The van der Waals surface area contributed by atoms with Crippen molar-refractivity contribution in [1.29, 1.82) is 0 Å². The quantitative estimate of drug-likeness (QED) is 0.648. The third-order valence-corrected chi connectivity index (χ3v) is 3.64. The van der Waals surface area contributed by atoms with E-state index in [9.17, 15) is 0 Å². The highest BCUT2D eigenvalue weighted by atomic mass is 79.9. The largest absolute Gasteiger partial charge is 0.487 e. The number of nitrogens with one attached hydrogen (secondary N) is 2. The molecule has 2 rings (SSSR count). The molecule has 0 saturated heterocycles. The van der Waals surface area contributed by atoms with Crippen LogP contribution in [0.3, 0.4) is 0 Å². The van der Waals surface area contributed by atoms with E-state index in [0.29, 0.717) is 6.54 Å². The Kier molecular flexibility index (Phi) is 4.93. The predicted molar refractivity (Wildman–Crippen MR) is 91.1 cm³/mol. The van der Waals surface area contributed by atoms with E-state index in [4.69, 9.17) is 4.74 Å². The number of guanidine groups is 1. The number of para-hydroxylation sites is 1. The van der Waals surface area contributed by atoms with Crippen molar-refractivity contribution >= 4 is 21.9 Å². The van der Waals surface area contributed by atoms with Gasteiger partial charge in [-0.1, -0.05) is 40.7 Å². The van der Waals surface area contributed by atoms with Gasteiger partial charge >= 0.3 is 0 Å². The van der Waals surface area contributed by atoms with Crippen molar-refractivity contribution < 1.29 is 4.74 Å². The van der Waals surface area contributed by atoms with Gasteiger partial charge in [-0.25, -0.2) is 0 Å². The molecule has 1 aliphatic heterocycles. The van der Waals surface area contributed by atoms with Crippen LogP contribution in [-0.2, 0) is 0 Å². The number of hydrogen-bond donors (Lipinski definition) is 2. The first kappa shape index (κ1) is 15.9. The molecule has 0 fully saturated rings. The highest BCUT2D eigenvalue weighted by Gasteiger charge is 2.33. The van der Waals surface area contributed by atoms with Gasteiger partial charge in [-0.3, -0.25) is 4.99 Å². The first-order valence-corrected chi connectivity index (χ1v) is 7.79. The zero-order valence-electron chi connectivity index (χ0n) is 12.7. The molecule has 1 atom stereocenters. The minimum absolute atomic E-state index is 0.166. The average molecular weight is 352 g/mol. The third kappa shape index (κ3) is 4.24. The number of nitrogens with zero attached hydrogens (tertiary/aromatic N) is 1. The van der Waals surface area contributed by atoms with Crippen LogP contribution in [0.4, 0.5) is 0 Å². The smallest absolute Gasteiger partial charge is 0.191 e. The molecule has 1 heterocycles. The van der Waals surface area contributed by atoms with Crippen LogP contribution in [0.1, 0.15) is 31.9 Å². The number of benzene rings is 1. The lowest BCUT2D eigenvalue weighted by Gasteiger charge is -2.38. The van der Waals surface area contributed by atoms with E-state index in [-0.39, 0.29) is 11.6 Å². The van der Waals surface area contributed by atoms with E-state index in [2.05, 4.69) is 58.0 Å². The lowest BCUT2D eigenvalue weighted by Crippen LogP contribution is -2.45. The Morgan fingerprint density at radius 2 is 2.19 bits per heavy atom. The van der Waals surface area contributed by atoms with E-state index < -0.39 is 0 Å². The standard InChI is InChI=1S/C16H22BrN3O/c1-11(17)10-19-15(18-4)20-13-9-16(2,3)21-14-8-6-5-7-12(13)14/h5-8,13H,1,9-10H2,2-4H3,(H2,18,19,20). The lowest BCUT2D eigenvalue weighted by molar-refractivity contribution is 0.0694. The van der Waals surface area contributed by atoms with Crippen molar-refractivity contribution in [3.05, 3.63) is 40.9 Å². The molecule has 0 radical (unpaired) electrons. The van der Waals surface area contributed by atoms with Crippen molar-refractivity contribution in [1.82, 2.24) is 10.6 Å². The number of aliphatic imine (C=N–C) groups is 1. The summed E-state index contributed by atoms with van der Waals surface area (Å²) in [6.45, 7) is 8.66. The molecule has 0 aromatic heterocycles. The molecule has 114 valence electrons. The summed E-state index contributed by atoms with van der Waals surface area (Å²) >= 11 is 3.34. The van der Waals surface area contributed by atoms with Gasteiger partial charge < -0.3 is 15.4 Å². The fourth-order valence-corrected chi connectivity index (χ4v) is 2.61. The summed E-state index contributed by atoms with van der Waals surface area (Å²) in [6, 6.07) is 8.31. The van der Waals surface area contributed by atoms with Crippen LogP contribution in [-0.4, -0.2) is 25.2 Å². The van der Waals surface area contributed by atoms with Gasteiger partial charge in [0, 0.05) is 30.1 Å². The molecule has 1 aromatic carbocycles. The second kappa shape index (κ2) is 6.52. The molecule has 0 bridgehead atoms. The maximum Gasteiger partial charge on any atom is 0.191 e. The van der Waals surface area contributed by atoms with E-state index in [0.717, 1.165) is 28.2 Å². The van der Waals surface area contributed by atoms with Gasteiger partial charge in [-0.2, -0.15) is 0 Å². The number of ether oxygens (including phenoxy) is 1. The zero-order valence-corrected chi connectivity index (χ0v) is 14.3. The van der Waals surface area contributed by atoms with Crippen LogP contribution in [0.2, 0.25) is 0 Å². The van der Waals surface area contributed by atoms with Gasteiger partial charge in [0.05, 0.1) is 6.04 Å². The Bertz CT molecular complexity index is 554. The molecular weight excluding hydrogens is 330 g/mol. The highest BCUT2D eigenvalue weighted by Crippen LogP contribution is 2.39. The van der Waals surface area contributed by atoms with Gasteiger partial charge in [0.15, 0.2) is 5.96 Å². The van der Waals surface area contributed by atoms with Gasteiger partial charge in [0.1, 0.15) is 11.4 Å². The summed E-state index contributed by atoms with van der Waals surface area (Å²) in [5, 5.41) is 6.70. The fourth-order valence-electron chi connectivity index (χ4n) is 2.47. The molecule has 4 nitrogen and oxygen atoms in total. The van der Waals surface area contributed by atoms with E-state index in [1.54, 1.807) is 7.05 Å². The van der Waals surface area contributed by atoms with Crippen molar-refractivity contribution in [2.45, 2.75) is 31.9 Å². The van der Waals surface area contributed by atoms with Crippen LogP contribution in [0.5, 0.6) is 5.75 Å². The van der Waals surface area contributed by atoms with Crippen molar-refractivity contribution in [2.75, 3.05) is 13.6 Å². The molecule has 5 heteroatoms. The number of rotatable bonds is 3. The van der Waals surface area contributed by atoms with Crippen LogP contribution in [0.25, 0.3) is 0 Å². The summed E-state index contributed by atoms with van der Waals surface area (Å²) in [5.74, 6) is 1.69. The van der Waals surface area contributed by atoms with E-state index in [1.165, 1.54) is 0 Å². The molecule has 2 N–H and O–H groups in total. The maximum atomic E-state index is 6.04. The molecule has 0 aliphatic carbocycles. The maximum absolute atomic E-state index is 6.04. The second-order valence-corrected chi connectivity index (χ2v) is 6.87. The Morgan fingerprint density at radius 1 is 1.48 bits per heavy atom. The summed E-state index contributed by atoms with van der Waals surface area (Å²) < 4.78 is 6.93. The Hall–Kier alpha value is -1.49. The van der Waals surface area contributed by atoms with Crippen molar-refractivity contribution in [3.8, 4) is 5.75 Å². The first-order chi connectivity index (χ1) is 9.91. The monoisotopic (exact) mass is 351 g/mol. The molecular formula is C16H22BrN3O. The Morgan fingerprint density at radius 3 is 2.86 bits per heavy atom. The van der Waals surface area contributed by atoms with Gasteiger partial charge in [-0.15, -0.1) is 0 Å². The SMILES string of the molecule is C=C(Br)CNC(=NC)NC1CC(C)(C)Oc2ccccc21. The first-order valence-electron chi connectivity index (χ1n) is 7.00. The lowest BCUT2D eigenvalue weighted by atomic mass is 9.90. The van der Waals surface area contributed by atoms with E-state index >= 15 is 0 Å². The van der Waals surface area contributed by atoms with Gasteiger partial charge in [0.2, 0.25) is 0 Å². The molecule has 0 amide bonds. The predicted octanol–water partition coefficient (Wildman–Crippen LogP) is 3.36. The van der Waals surface area contributed by atoms with Crippen LogP contribution >= 0.6 is 15.9 Å². The molecule has 0 spiro atoms. The van der Waals surface area contributed by atoms with Gasteiger partial charge in [-0.05, 0) is 19.9 Å². The Balaban J connectivity index is 2.17. The third-order valence-electron chi connectivity index (χ3n) is 3.36. The minimum Gasteiger partial charge on any atom is -0.487 e. The summed E-state index contributed by atoms with van der Waals surface area (Å²) in [5.41, 5.74) is 0.960. The summed E-state index contributed by atoms with van der Waals surface area (Å²) in [7, 11) is 1.77. The molecule has 0 saturated carbocycles. The van der Waals surface area contributed by atoms with Crippen molar-refractivity contribution in [2.24, 2.45) is 4.99 Å². The molecule has 1 aliphatic rings. The topological polar surface area (TPSA) is 45.7 Å². The fraction of sp³-hybridized carbons (Fsp3) is 0.438. The highest BCUT2D eigenvalue weighted by molar-refractivity contribution is 9.11.